The van der Waals surface area contributed by atoms with Gasteiger partial charge in [0, 0.05) is 17.0 Å². The number of rotatable bonds is 2. The van der Waals surface area contributed by atoms with Crippen LogP contribution in [0.5, 0.6) is 5.75 Å². The summed E-state index contributed by atoms with van der Waals surface area (Å²) in [6.07, 6.45) is 2.55. The number of piperidine rings is 1. The highest BCUT2D eigenvalue weighted by atomic mass is 35.5. The topological polar surface area (TPSA) is 12.5 Å². The van der Waals surface area contributed by atoms with E-state index in [1.54, 1.807) is 7.11 Å². The molecule has 0 radical (unpaired) electrons. The standard InChI is InChI=1S/C20H22ClNO/c1-22-11-3-4-17-19(13-5-7-14(21)8-6-13)16-10-9-15(23-2)12-18(16)20(17)22/h5-10,12,17,19-20H,3-4,11H2,1-2H3. The molecule has 0 spiro atoms. The highest BCUT2D eigenvalue weighted by Crippen LogP contribution is 2.54. The summed E-state index contributed by atoms with van der Waals surface area (Å²) in [7, 11) is 4.00. The smallest absolute Gasteiger partial charge is 0.119 e. The van der Waals surface area contributed by atoms with Gasteiger partial charge < -0.3 is 4.74 Å². The number of nitrogens with zero attached hydrogens (tertiary/aromatic N) is 1. The summed E-state index contributed by atoms with van der Waals surface area (Å²) in [6.45, 7) is 1.17. The summed E-state index contributed by atoms with van der Waals surface area (Å²) in [6, 6.07) is 15.5. The summed E-state index contributed by atoms with van der Waals surface area (Å²) in [5.74, 6) is 2.05. The van der Waals surface area contributed by atoms with E-state index in [1.165, 1.54) is 36.1 Å². The van der Waals surface area contributed by atoms with Crippen molar-refractivity contribution in [1.29, 1.82) is 0 Å². The second-order valence-electron chi connectivity index (χ2n) is 6.76. The molecule has 3 unspecified atom stereocenters. The highest BCUT2D eigenvalue weighted by molar-refractivity contribution is 6.30. The molecule has 2 aromatic rings. The SMILES string of the molecule is COc1ccc2c(c1)C1C(CCCN1C)C2c1ccc(Cl)cc1. The number of likely N-dealkylation sites (tertiary alicyclic amines) is 1. The molecular formula is C20H22ClNO. The van der Waals surface area contributed by atoms with Gasteiger partial charge in [0.05, 0.1) is 7.11 Å². The average Bonchev–Trinajstić information content (AvgIpc) is 2.90. The molecule has 0 aromatic heterocycles. The second kappa shape index (κ2) is 5.85. The van der Waals surface area contributed by atoms with Crippen LogP contribution in [0.3, 0.4) is 0 Å². The third-order valence-corrected chi connectivity index (χ3v) is 5.79. The number of halogens is 1. The predicted octanol–water partition coefficient (Wildman–Crippen LogP) is 4.88. The Bertz CT molecular complexity index is 712. The summed E-state index contributed by atoms with van der Waals surface area (Å²) >= 11 is 6.09. The predicted molar refractivity (Wildman–Crippen MR) is 94.4 cm³/mol. The van der Waals surface area contributed by atoms with Gasteiger partial charge in [-0.05, 0) is 73.3 Å². The van der Waals surface area contributed by atoms with Crippen molar-refractivity contribution in [3.8, 4) is 5.75 Å². The van der Waals surface area contributed by atoms with Gasteiger partial charge in [-0.25, -0.2) is 0 Å². The van der Waals surface area contributed by atoms with E-state index in [0.29, 0.717) is 17.9 Å². The largest absolute Gasteiger partial charge is 0.497 e. The average molecular weight is 328 g/mol. The Morgan fingerprint density at radius 2 is 1.87 bits per heavy atom. The second-order valence-corrected chi connectivity index (χ2v) is 7.19. The Labute approximate surface area is 143 Å². The number of hydrogen-bond donors (Lipinski definition) is 0. The molecule has 3 heteroatoms. The number of hydrogen-bond acceptors (Lipinski definition) is 2. The van der Waals surface area contributed by atoms with Crippen molar-refractivity contribution in [3.63, 3.8) is 0 Å². The van der Waals surface area contributed by atoms with Crippen molar-refractivity contribution < 1.29 is 4.74 Å². The molecular weight excluding hydrogens is 306 g/mol. The van der Waals surface area contributed by atoms with Gasteiger partial charge in [0.25, 0.3) is 0 Å². The van der Waals surface area contributed by atoms with Crippen molar-refractivity contribution in [2.24, 2.45) is 5.92 Å². The van der Waals surface area contributed by atoms with Crippen LogP contribution >= 0.6 is 11.6 Å². The molecule has 1 aliphatic heterocycles. The Hall–Kier alpha value is -1.51. The highest BCUT2D eigenvalue weighted by Gasteiger charge is 2.44. The third-order valence-electron chi connectivity index (χ3n) is 5.53. The Morgan fingerprint density at radius 1 is 1.09 bits per heavy atom. The van der Waals surface area contributed by atoms with E-state index in [1.807, 2.05) is 12.1 Å². The molecule has 2 nitrogen and oxygen atoms in total. The fraction of sp³-hybridized carbons (Fsp3) is 0.400. The first-order valence-corrected chi connectivity index (χ1v) is 8.70. The van der Waals surface area contributed by atoms with Gasteiger partial charge in [0.15, 0.2) is 0 Å². The molecule has 0 bridgehead atoms. The Balaban J connectivity index is 1.85. The van der Waals surface area contributed by atoms with E-state index in [-0.39, 0.29) is 0 Å². The van der Waals surface area contributed by atoms with Gasteiger partial charge in [0.2, 0.25) is 0 Å². The summed E-state index contributed by atoms with van der Waals surface area (Å²) in [5.41, 5.74) is 4.27. The summed E-state index contributed by atoms with van der Waals surface area (Å²) in [5, 5.41) is 0.805. The first kappa shape index (κ1) is 15.0. The molecule has 1 fully saturated rings. The zero-order valence-corrected chi connectivity index (χ0v) is 14.4. The summed E-state index contributed by atoms with van der Waals surface area (Å²) < 4.78 is 5.48. The number of fused-ring (bicyclic) bond motifs is 3. The molecule has 120 valence electrons. The lowest BCUT2D eigenvalue weighted by molar-refractivity contribution is 0.126. The normalized spacial score (nSPS) is 26.7. The van der Waals surface area contributed by atoms with E-state index in [4.69, 9.17) is 16.3 Å². The van der Waals surface area contributed by atoms with Crippen LogP contribution in [0.4, 0.5) is 0 Å². The first-order chi connectivity index (χ1) is 11.2. The maximum atomic E-state index is 6.09. The van der Waals surface area contributed by atoms with Crippen molar-refractivity contribution >= 4 is 11.6 Å². The lowest BCUT2D eigenvalue weighted by Crippen LogP contribution is -2.34. The van der Waals surface area contributed by atoms with Crippen LogP contribution in [0, 0.1) is 5.92 Å². The van der Waals surface area contributed by atoms with Gasteiger partial charge >= 0.3 is 0 Å². The number of benzene rings is 2. The van der Waals surface area contributed by atoms with Gasteiger partial charge in [0.1, 0.15) is 5.75 Å². The first-order valence-electron chi connectivity index (χ1n) is 8.32. The molecule has 1 heterocycles. The van der Waals surface area contributed by atoms with E-state index in [9.17, 15) is 0 Å². The van der Waals surface area contributed by atoms with Crippen molar-refractivity contribution in [1.82, 2.24) is 4.90 Å². The molecule has 0 amide bonds. The molecule has 1 saturated heterocycles. The van der Waals surface area contributed by atoms with Crippen molar-refractivity contribution in [2.45, 2.75) is 24.8 Å². The minimum Gasteiger partial charge on any atom is -0.497 e. The third kappa shape index (κ3) is 2.45. The number of ether oxygens (including phenoxy) is 1. The molecule has 0 saturated carbocycles. The molecule has 3 atom stereocenters. The van der Waals surface area contributed by atoms with Gasteiger partial charge in [-0.2, -0.15) is 0 Å². The van der Waals surface area contributed by atoms with Crippen LogP contribution in [0.15, 0.2) is 42.5 Å². The fourth-order valence-electron chi connectivity index (χ4n) is 4.56. The number of methoxy groups -OCH3 is 1. The van der Waals surface area contributed by atoms with E-state index in [2.05, 4.69) is 42.3 Å². The molecule has 23 heavy (non-hydrogen) atoms. The zero-order valence-electron chi connectivity index (χ0n) is 13.6. The van der Waals surface area contributed by atoms with Crippen LogP contribution in [0.2, 0.25) is 5.02 Å². The maximum Gasteiger partial charge on any atom is 0.119 e. The van der Waals surface area contributed by atoms with Gasteiger partial charge in [-0.1, -0.05) is 29.8 Å². The minimum absolute atomic E-state index is 0.459. The van der Waals surface area contributed by atoms with E-state index < -0.39 is 0 Å². The Morgan fingerprint density at radius 3 is 2.61 bits per heavy atom. The molecule has 2 aliphatic rings. The molecule has 0 N–H and O–H groups in total. The van der Waals surface area contributed by atoms with Crippen LogP contribution in [0.1, 0.15) is 41.5 Å². The van der Waals surface area contributed by atoms with Crippen LogP contribution < -0.4 is 4.74 Å². The monoisotopic (exact) mass is 327 g/mol. The van der Waals surface area contributed by atoms with Crippen LogP contribution in [-0.4, -0.2) is 25.6 Å². The maximum absolute atomic E-state index is 6.09. The van der Waals surface area contributed by atoms with Crippen LogP contribution in [-0.2, 0) is 0 Å². The minimum atomic E-state index is 0.459. The Kier molecular flexibility index (Phi) is 3.82. The van der Waals surface area contributed by atoms with E-state index >= 15 is 0 Å². The molecule has 1 aliphatic carbocycles. The van der Waals surface area contributed by atoms with E-state index in [0.717, 1.165) is 10.8 Å². The van der Waals surface area contributed by atoms with Gasteiger partial charge in [-0.3, -0.25) is 4.90 Å². The fourth-order valence-corrected chi connectivity index (χ4v) is 4.69. The molecule has 2 aromatic carbocycles. The lowest BCUT2D eigenvalue weighted by atomic mass is 9.80. The van der Waals surface area contributed by atoms with Crippen molar-refractivity contribution in [2.75, 3.05) is 20.7 Å². The van der Waals surface area contributed by atoms with Crippen LogP contribution in [0.25, 0.3) is 0 Å². The molecule has 4 rings (SSSR count). The zero-order chi connectivity index (χ0) is 16.0. The summed E-state index contributed by atoms with van der Waals surface area (Å²) in [4.78, 5) is 2.52. The van der Waals surface area contributed by atoms with Gasteiger partial charge in [-0.15, -0.1) is 0 Å². The quantitative estimate of drug-likeness (QED) is 0.779. The lowest BCUT2D eigenvalue weighted by Gasteiger charge is -2.37. The van der Waals surface area contributed by atoms with Crippen molar-refractivity contribution in [3.05, 3.63) is 64.2 Å².